The molecule has 1 heterocycles. The van der Waals surface area contributed by atoms with Gasteiger partial charge in [-0.05, 0) is 43.5 Å². The van der Waals surface area contributed by atoms with E-state index in [1.165, 1.54) is 4.68 Å². The van der Waals surface area contributed by atoms with Crippen molar-refractivity contribution in [2.24, 2.45) is 0 Å². The van der Waals surface area contributed by atoms with Crippen molar-refractivity contribution in [3.8, 4) is 5.69 Å². The van der Waals surface area contributed by atoms with Crippen molar-refractivity contribution >= 4 is 11.7 Å². The Labute approximate surface area is 163 Å². The van der Waals surface area contributed by atoms with Crippen molar-refractivity contribution in [3.05, 3.63) is 76.5 Å². The van der Waals surface area contributed by atoms with Gasteiger partial charge in [-0.25, -0.2) is 18.8 Å². The zero-order chi connectivity index (χ0) is 19.5. The van der Waals surface area contributed by atoms with Gasteiger partial charge in [0.05, 0.1) is 12.2 Å². The van der Waals surface area contributed by atoms with E-state index in [0.29, 0.717) is 19.0 Å². The number of aryl methyl sites for hydroxylation is 1. The molecule has 7 heteroatoms. The van der Waals surface area contributed by atoms with Gasteiger partial charge in [0, 0.05) is 18.2 Å². The first-order valence-corrected chi connectivity index (χ1v) is 9.49. The van der Waals surface area contributed by atoms with E-state index in [0.717, 1.165) is 35.6 Å². The molecule has 3 aromatic rings. The van der Waals surface area contributed by atoms with Crippen molar-refractivity contribution in [3.63, 3.8) is 0 Å². The van der Waals surface area contributed by atoms with Crippen molar-refractivity contribution in [2.45, 2.75) is 32.2 Å². The third-order valence-electron chi connectivity index (χ3n) is 4.82. The summed E-state index contributed by atoms with van der Waals surface area (Å²) in [7, 11) is 0. The maximum atomic E-state index is 12.9. The molecule has 0 spiro atoms. The van der Waals surface area contributed by atoms with Crippen molar-refractivity contribution in [2.75, 3.05) is 11.9 Å². The van der Waals surface area contributed by atoms with Crippen molar-refractivity contribution in [1.29, 1.82) is 0 Å². The third-order valence-corrected chi connectivity index (χ3v) is 4.82. The first kappa shape index (κ1) is 18.0. The number of carbonyl (C=O) groups is 1. The van der Waals surface area contributed by atoms with Gasteiger partial charge in [0.15, 0.2) is 0 Å². The summed E-state index contributed by atoms with van der Waals surface area (Å²) in [5, 5.41) is 10.1. The molecule has 0 bridgehead atoms. The number of hydrogen-bond acceptors (Lipinski definition) is 3. The summed E-state index contributed by atoms with van der Waals surface area (Å²) in [6.07, 6.45) is 2.11. The van der Waals surface area contributed by atoms with Crippen molar-refractivity contribution in [1.82, 2.24) is 19.7 Å². The number of amides is 2. The highest BCUT2D eigenvalue weighted by Crippen LogP contribution is 2.39. The van der Waals surface area contributed by atoms with E-state index >= 15 is 0 Å². The fourth-order valence-corrected chi connectivity index (χ4v) is 3.15. The topological polar surface area (TPSA) is 81.0 Å². The maximum absolute atomic E-state index is 12.9. The predicted molar refractivity (Wildman–Crippen MR) is 108 cm³/mol. The van der Waals surface area contributed by atoms with Crippen LogP contribution < -0.4 is 16.3 Å². The zero-order valence-electron chi connectivity index (χ0n) is 15.8. The molecule has 2 aromatic carbocycles. The molecule has 1 fully saturated rings. The lowest BCUT2D eigenvalue weighted by Gasteiger charge is -2.09. The van der Waals surface area contributed by atoms with E-state index < -0.39 is 0 Å². The van der Waals surface area contributed by atoms with Crippen LogP contribution in [0.4, 0.5) is 10.5 Å². The molecule has 28 heavy (non-hydrogen) atoms. The van der Waals surface area contributed by atoms with Gasteiger partial charge in [0.25, 0.3) is 0 Å². The van der Waals surface area contributed by atoms with Crippen LogP contribution in [-0.2, 0) is 6.54 Å². The average Bonchev–Trinajstić information content (AvgIpc) is 3.49. The maximum Gasteiger partial charge on any atom is 0.350 e. The van der Waals surface area contributed by atoms with Gasteiger partial charge in [-0.1, -0.05) is 36.4 Å². The van der Waals surface area contributed by atoms with Crippen LogP contribution in [0.1, 0.15) is 30.1 Å². The van der Waals surface area contributed by atoms with E-state index in [9.17, 15) is 9.59 Å². The second kappa shape index (κ2) is 7.72. The summed E-state index contributed by atoms with van der Waals surface area (Å²) in [4.78, 5) is 25.0. The summed E-state index contributed by atoms with van der Waals surface area (Å²) in [5.41, 5.74) is 2.41. The van der Waals surface area contributed by atoms with Crippen LogP contribution in [0.2, 0.25) is 0 Å². The van der Waals surface area contributed by atoms with Crippen LogP contribution in [0, 0.1) is 6.92 Å². The molecule has 1 aliphatic carbocycles. The highest BCUT2D eigenvalue weighted by Gasteiger charge is 2.31. The van der Waals surface area contributed by atoms with Gasteiger partial charge >= 0.3 is 11.7 Å². The van der Waals surface area contributed by atoms with E-state index in [1.807, 2.05) is 61.5 Å². The molecule has 0 atom stereocenters. The average molecular weight is 377 g/mol. The van der Waals surface area contributed by atoms with Gasteiger partial charge in [-0.15, -0.1) is 0 Å². The standard InChI is InChI=1S/C21H23N5O2/c1-15-7-5-6-10-18(15)23-20(27)22-13-14-25-21(28)26(17-8-3-2-4-9-17)19(24-25)16-11-12-16/h2-10,16H,11-14H2,1H3,(H2,22,23,27). The van der Waals surface area contributed by atoms with Gasteiger partial charge in [0.2, 0.25) is 0 Å². The number of benzene rings is 2. The summed E-state index contributed by atoms with van der Waals surface area (Å²) in [6.45, 7) is 2.57. The monoisotopic (exact) mass is 377 g/mol. The zero-order valence-corrected chi connectivity index (χ0v) is 15.8. The first-order chi connectivity index (χ1) is 13.6. The Balaban J connectivity index is 1.43. The van der Waals surface area contributed by atoms with E-state index in [4.69, 9.17) is 0 Å². The smallest absolute Gasteiger partial charge is 0.336 e. The number of carbonyl (C=O) groups excluding carboxylic acids is 1. The fourth-order valence-electron chi connectivity index (χ4n) is 3.15. The number of rotatable bonds is 6. The molecule has 4 rings (SSSR count). The lowest BCUT2D eigenvalue weighted by atomic mass is 10.2. The normalized spacial score (nSPS) is 13.3. The summed E-state index contributed by atoms with van der Waals surface area (Å²) in [5.74, 6) is 1.15. The van der Waals surface area contributed by atoms with E-state index in [2.05, 4.69) is 15.7 Å². The van der Waals surface area contributed by atoms with Crippen LogP contribution >= 0.6 is 0 Å². The van der Waals surface area contributed by atoms with Gasteiger partial charge in [-0.3, -0.25) is 0 Å². The van der Waals surface area contributed by atoms with Gasteiger partial charge in [-0.2, -0.15) is 5.10 Å². The quantitative estimate of drug-likeness (QED) is 0.693. The Morgan fingerprint density at radius 1 is 1.11 bits per heavy atom. The lowest BCUT2D eigenvalue weighted by Crippen LogP contribution is -2.34. The summed E-state index contributed by atoms with van der Waals surface area (Å²) in [6, 6.07) is 16.8. The van der Waals surface area contributed by atoms with Crippen LogP contribution in [0.25, 0.3) is 5.69 Å². The number of aromatic nitrogens is 3. The minimum absolute atomic E-state index is 0.172. The second-order valence-electron chi connectivity index (χ2n) is 7.00. The van der Waals surface area contributed by atoms with Crippen LogP contribution in [0.5, 0.6) is 0 Å². The SMILES string of the molecule is Cc1ccccc1NC(=O)NCCn1nc(C2CC2)n(-c2ccccc2)c1=O. The minimum Gasteiger partial charge on any atom is -0.336 e. The molecule has 0 unspecified atom stereocenters. The van der Waals surface area contributed by atoms with Crippen molar-refractivity contribution < 1.29 is 4.79 Å². The third kappa shape index (κ3) is 3.83. The first-order valence-electron chi connectivity index (χ1n) is 9.49. The molecule has 0 radical (unpaired) electrons. The Bertz CT molecular complexity index is 1030. The number of urea groups is 1. The van der Waals surface area contributed by atoms with Gasteiger partial charge in [0.1, 0.15) is 5.82 Å². The Hall–Kier alpha value is -3.35. The molecule has 0 saturated heterocycles. The highest BCUT2D eigenvalue weighted by molar-refractivity contribution is 5.89. The molecule has 7 nitrogen and oxygen atoms in total. The lowest BCUT2D eigenvalue weighted by molar-refractivity contribution is 0.251. The number of para-hydroxylation sites is 2. The highest BCUT2D eigenvalue weighted by atomic mass is 16.2. The number of hydrogen-bond donors (Lipinski definition) is 2. The van der Waals surface area contributed by atoms with E-state index in [1.54, 1.807) is 4.57 Å². The molecule has 2 amide bonds. The fraction of sp³-hybridized carbons (Fsp3) is 0.286. The molecular weight excluding hydrogens is 354 g/mol. The summed E-state index contributed by atoms with van der Waals surface area (Å²) >= 11 is 0. The summed E-state index contributed by atoms with van der Waals surface area (Å²) < 4.78 is 3.12. The van der Waals surface area contributed by atoms with E-state index in [-0.39, 0.29) is 11.7 Å². The molecule has 144 valence electrons. The van der Waals surface area contributed by atoms with Crippen LogP contribution in [-0.4, -0.2) is 26.9 Å². The predicted octanol–water partition coefficient (Wildman–Crippen LogP) is 3.04. The molecule has 1 saturated carbocycles. The molecular formula is C21H23N5O2. The second-order valence-corrected chi connectivity index (χ2v) is 7.00. The number of anilines is 1. The minimum atomic E-state index is -0.299. The Morgan fingerprint density at radius 2 is 1.82 bits per heavy atom. The number of nitrogens with one attached hydrogen (secondary N) is 2. The van der Waals surface area contributed by atoms with Crippen LogP contribution in [0.15, 0.2) is 59.4 Å². The number of nitrogens with zero attached hydrogens (tertiary/aromatic N) is 3. The van der Waals surface area contributed by atoms with Crippen LogP contribution in [0.3, 0.4) is 0 Å². The molecule has 1 aromatic heterocycles. The largest absolute Gasteiger partial charge is 0.350 e. The molecule has 0 aliphatic heterocycles. The molecule has 1 aliphatic rings. The Kier molecular flexibility index (Phi) is 4.97. The Morgan fingerprint density at radius 3 is 2.54 bits per heavy atom. The van der Waals surface area contributed by atoms with Gasteiger partial charge < -0.3 is 10.6 Å². The molecule has 2 N–H and O–H groups in total.